The maximum Gasteiger partial charge on any atom is 0.230 e. The van der Waals surface area contributed by atoms with E-state index >= 15 is 0 Å². The molecule has 0 amide bonds. The Hall–Kier alpha value is -3.95. The second-order valence-corrected chi connectivity index (χ2v) is 10.3. The number of hydrogen-bond donors (Lipinski definition) is 3. The summed E-state index contributed by atoms with van der Waals surface area (Å²) in [5, 5.41) is 17.8. The lowest BCUT2D eigenvalue weighted by atomic mass is 9.99. The molecule has 9 nitrogen and oxygen atoms in total. The van der Waals surface area contributed by atoms with Gasteiger partial charge in [0.2, 0.25) is 5.95 Å². The number of methoxy groups -OCH3 is 1. The number of hydrogen-bond acceptors (Lipinski definition) is 8. The molecule has 2 aliphatic rings. The van der Waals surface area contributed by atoms with Crippen LogP contribution in [-0.2, 0) is 0 Å². The average Bonchev–Trinajstić information content (AvgIpc) is 3.64. The molecule has 0 spiro atoms. The number of fused-ring (bicyclic) bond motifs is 1. The van der Waals surface area contributed by atoms with Gasteiger partial charge in [0.25, 0.3) is 0 Å². The summed E-state index contributed by atoms with van der Waals surface area (Å²) in [5.41, 5.74) is 6.65. The van der Waals surface area contributed by atoms with Crippen LogP contribution in [0.2, 0.25) is 0 Å². The summed E-state index contributed by atoms with van der Waals surface area (Å²) in [6.07, 6.45) is 8.93. The Labute approximate surface area is 228 Å². The fourth-order valence-corrected chi connectivity index (χ4v) is 5.59. The van der Waals surface area contributed by atoms with Crippen LogP contribution in [0.15, 0.2) is 48.9 Å². The Bertz CT molecular complexity index is 1540. The number of aromatic nitrogens is 4. The van der Waals surface area contributed by atoms with Crippen LogP contribution in [0.4, 0.5) is 17.6 Å². The van der Waals surface area contributed by atoms with Gasteiger partial charge in [0.05, 0.1) is 37.2 Å². The smallest absolute Gasteiger partial charge is 0.230 e. The van der Waals surface area contributed by atoms with Gasteiger partial charge in [-0.25, -0.2) is 9.97 Å². The third kappa shape index (κ3) is 4.95. The van der Waals surface area contributed by atoms with Crippen molar-refractivity contribution in [2.75, 3.05) is 43.6 Å². The van der Waals surface area contributed by atoms with Gasteiger partial charge in [0, 0.05) is 24.5 Å². The van der Waals surface area contributed by atoms with Crippen molar-refractivity contribution in [3.8, 4) is 11.4 Å². The summed E-state index contributed by atoms with van der Waals surface area (Å²) in [7, 11) is 1.69. The molecule has 39 heavy (non-hydrogen) atoms. The molecular weight excluding hydrogens is 490 g/mol. The van der Waals surface area contributed by atoms with Crippen LogP contribution < -0.4 is 20.3 Å². The topological polar surface area (TPSA) is 100 Å². The number of rotatable bonds is 7. The van der Waals surface area contributed by atoms with E-state index in [1.165, 1.54) is 11.1 Å². The number of anilines is 3. The minimum Gasteiger partial charge on any atom is -0.496 e. The first-order chi connectivity index (χ1) is 19.0. The van der Waals surface area contributed by atoms with E-state index in [4.69, 9.17) is 14.7 Å². The highest BCUT2D eigenvalue weighted by molar-refractivity contribution is 5.93. The number of aliphatic hydroxyl groups is 1. The maximum atomic E-state index is 10.0. The largest absolute Gasteiger partial charge is 0.496 e. The second-order valence-electron chi connectivity index (χ2n) is 10.3. The van der Waals surface area contributed by atoms with Gasteiger partial charge in [-0.05, 0) is 80.1 Å². The zero-order valence-corrected chi connectivity index (χ0v) is 22.7. The Morgan fingerprint density at radius 1 is 1.18 bits per heavy atom. The van der Waals surface area contributed by atoms with Crippen molar-refractivity contribution in [2.45, 2.75) is 39.2 Å². The molecule has 4 heterocycles. The first-order valence-corrected chi connectivity index (χ1v) is 13.6. The molecule has 6 rings (SSSR count). The van der Waals surface area contributed by atoms with Crippen LogP contribution in [0.25, 0.3) is 22.2 Å². The van der Waals surface area contributed by atoms with Gasteiger partial charge in [0.15, 0.2) is 5.82 Å². The summed E-state index contributed by atoms with van der Waals surface area (Å²) in [6, 6.07) is 10.6. The van der Waals surface area contributed by atoms with E-state index < -0.39 is 0 Å². The van der Waals surface area contributed by atoms with Crippen LogP contribution in [-0.4, -0.2) is 64.0 Å². The van der Waals surface area contributed by atoms with E-state index in [-0.39, 0.29) is 12.6 Å². The molecule has 0 bridgehead atoms. The molecule has 202 valence electrons. The minimum atomic E-state index is 0.0571. The number of ether oxygens (including phenoxy) is 1. The van der Waals surface area contributed by atoms with E-state index in [9.17, 15) is 5.11 Å². The van der Waals surface area contributed by atoms with Gasteiger partial charge in [0.1, 0.15) is 17.9 Å². The average molecular weight is 526 g/mol. The van der Waals surface area contributed by atoms with E-state index in [1.54, 1.807) is 13.4 Å². The van der Waals surface area contributed by atoms with E-state index in [1.807, 2.05) is 16.8 Å². The Morgan fingerprint density at radius 2 is 2.08 bits per heavy atom. The van der Waals surface area contributed by atoms with Gasteiger partial charge < -0.3 is 29.9 Å². The summed E-state index contributed by atoms with van der Waals surface area (Å²) >= 11 is 0. The molecule has 1 saturated heterocycles. The molecule has 0 saturated carbocycles. The molecule has 2 aliphatic heterocycles. The first kappa shape index (κ1) is 25.3. The van der Waals surface area contributed by atoms with Crippen molar-refractivity contribution >= 4 is 34.1 Å². The first-order valence-electron chi connectivity index (χ1n) is 13.6. The lowest BCUT2D eigenvalue weighted by Crippen LogP contribution is -2.33. The molecule has 1 atom stereocenters. The molecule has 0 radical (unpaired) electrons. The zero-order chi connectivity index (χ0) is 26.9. The van der Waals surface area contributed by atoms with Gasteiger partial charge in [-0.3, -0.25) is 0 Å². The molecule has 9 heteroatoms. The molecule has 4 aromatic rings. The van der Waals surface area contributed by atoms with Crippen molar-refractivity contribution in [3.63, 3.8) is 0 Å². The van der Waals surface area contributed by atoms with Crippen LogP contribution in [0, 0.1) is 13.8 Å². The predicted octanol–water partition coefficient (Wildman–Crippen LogP) is 4.52. The fraction of sp³-hybridized carbons (Fsp3) is 0.367. The number of nitrogens with one attached hydrogen (secondary N) is 2. The predicted molar refractivity (Wildman–Crippen MR) is 155 cm³/mol. The Morgan fingerprint density at radius 3 is 2.87 bits per heavy atom. The van der Waals surface area contributed by atoms with Gasteiger partial charge in [-0.2, -0.15) is 4.98 Å². The van der Waals surface area contributed by atoms with Crippen LogP contribution in [0.5, 0.6) is 5.75 Å². The zero-order valence-electron chi connectivity index (χ0n) is 22.7. The molecule has 2 aromatic heterocycles. The van der Waals surface area contributed by atoms with E-state index in [2.05, 4.69) is 64.7 Å². The highest BCUT2D eigenvalue weighted by Crippen LogP contribution is 2.34. The molecular formula is C30H35N7O2. The lowest BCUT2D eigenvalue weighted by molar-refractivity contribution is 0.266. The van der Waals surface area contributed by atoms with Crippen LogP contribution in [0.1, 0.15) is 36.0 Å². The second kappa shape index (κ2) is 10.7. The molecule has 0 unspecified atom stereocenters. The summed E-state index contributed by atoms with van der Waals surface area (Å²) in [4.78, 5) is 16.7. The summed E-state index contributed by atoms with van der Waals surface area (Å²) < 4.78 is 7.53. The highest BCUT2D eigenvalue weighted by Gasteiger charge is 2.27. The van der Waals surface area contributed by atoms with Gasteiger partial charge >= 0.3 is 0 Å². The van der Waals surface area contributed by atoms with Crippen LogP contribution in [0.3, 0.4) is 0 Å². The fourth-order valence-electron chi connectivity index (χ4n) is 5.59. The normalized spacial score (nSPS) is 17.5. The van der Waals surface area contributed by atoms with Gasteiger partial charge in [-0.1, -0.05) is 12.1 Å². The molecule has 1 fully saturated rings. The highest BCUT2D eigenvalue weighted by atomic mass is 16.5. The number of imidazole rings is 1. The summed E-state index contributed by atoms with van der Waals surface area (Å²) in [5.74, 6) is 2.83. The van der Waals surface area contributed by atoms with Crippen molar-refractivity contribution < 1.29 is 9.84 Å². The quantitative estimate of drug-likeness (QED) is 0.324. The number of benzene rings is 2. The third-order valence-corrected chi connectivity index (χ3v) is 7.92. The molecule has 0 aliphatic carbocycles. The van der Waals surface area contributed by atoms with Crippen molar-refractivity contribution in [1.82, 2.24) is 24.8 Å². The maximum absolute atomic E-state index is 10.0. The minimum absolute atomic E-state index is 0.0571. The Balaban J connectivity index is 1.38. The summed E-state index contributed by atoms with van der Waals surface area (Å²) in [6.45, 7) is 6.97. The molecule has 3 N–H and O–H groups in total. The SMILES string of the molecule is COc1cc(-n2cnc(Nc3nc(N4CCC[C@H]4CO)c4ccc(C5=CCNCC5)cc4n3)c2)cc(C)c1C. The van der Waals surface area contributed by atoms with Gasteiger partial charge in [-0.15, -0.1) is 0 Å². The monoisotopic (exact) mass is 525 g/mol. The number of nitrogens with zero attached hydrogens (tertiary/aromatic N) is 5. The van der Waals surface area contributed by atoms with E-state index in [0.717, 1.165) is 78.2 Å². The lowest BCUT2D eigenvalue weighted by Gasteiger charge is -2.26. The molecule has 2 aromatic carbocycles. The van der Waals surface area contributed by atoms with Crippen molar-refractivity contribution in [2.24, 2.45) is 0 Å². The van der Waals surface area contributed by atoms with Crippen molar-refractivity contribution in [1.29, 1.82) is 0 Å². The van der Waals surface area contributed by atoms with Crippen molar-refractivity contribution in [3.05, 3.63) is 65.6 Å². The standard InChI is InChI=1S/C30H35N7O2/c1-19-13-24(15-27(39-3)20(19)2)36-16-28(32-18-36)34-30-33-26-14-22(21-8-10-31-11-9-21)6-7-25(26)29(35-30)37-12-4-5-23(37)17-38/h6-8,13-16,18,23,31,38H,4-5,9-12,17H2,1-3H3,(H,33,34,35)/t23-/m0/s1. The number of aliphatic hydroxyl groups excluding tert-OH is 1. The Kier molecular flexibility index (Phi) is 6.93. The van der Waals surface area contributed by atoms with E-state index in [0.29, 0.717) is 11.8 Å². The number of aryl methyl sites for hydroxylation is 1. The third-order valence-electron chi connectivity index (χ3n) is 7.92. The van der Waals surface area contributed by atoms with Crippen LogP contribution >= 0.6 is 0 Å².